The molecule has 1 unspecified atom stereocenters. The zero-order valence-electron chi connectivity index (χ0n) is 12.2. The second-order valence-electron chi connectivity index (χ2n) is 5.22. The minimum absolute atomic E-state index is 0.135. The van der Waals surface area contributed by atoms with Gasteiger partial charge in [0, 0.05) is 6.42 Å². The third-order valence-electron chi connectivity index (χ3n) is 3.44. The number of Topliss-reactive ketones (excluding diaryl/α,β-unsaturated/α-hetero) is 1. The van der Waals surface area contributed by atoms with Gasteiger partial charge in [-0.15, -0.1) is 0 Å². The highest BCUT2D eigenvalue weighted by molar-refractivity contribution is 5.93. The molecule has 2 nitrogen and oxygen atoms in total. The van der Waals surface area contributed by atoms with Gasteiger partial charge in [0.05, 0.1) is 5.92 Å². The normalized spacial score (nSPS) is 12.3. The van der Waals surface area contributed by atoms with Gasteiger partial charge in [-0.1, -0.05) is 65.2 Å². The molecule has 0 aromatic heterocycles. The quantitative estimate of drug-likeness (QED) is 0.271. The van der Waals surface area contributed by atoms with Gasteiger partial charge in [-0.05, 0) is 12.8 Å². The molecule has 0 aliphatic carbocycles. The Morgan fingerprint density at radius 2 is 1.44 bits per heavy atom. The van der Waals surface area contributed by atoms with Crippen LogP contribution in [0.5, 0.6) is 0 Å². The predicted octanol–water partition coefficient (Wildman–Crippen LogP) is 4.70. The summed E-state index contributed by atoms with van der Waals surface area (Å²) in [5.74, 6) is -0.194. The van der Waals surface area contributed by atoms with Gasteiger partial charge in [0.15, 0.2) is 0 Å². The minimum atomic E-state index is -0.329. The van der Waals surface area contributed by atoms with Crippen LogP contribution in [-0.4, -0.2) is 12.1 Å². The summed E-state index contributed by atoms with van der Waals surface area (Å²) in [5.41, 5.74) is 0. The van der Waals surface area contributed by atoms with Gasteiger partial charge in [-0.25, -0.2) is 0 Å². The lowest BCUT2D eigenvalue weighted by Gasteiger charge is -2.08. The van der Waals surface area contributed by atoms with Crippen LogP contribution in [0.25, 0.3) is 0 Å². The van der Waals surface area contributed by atoms with E-state index in [1.165, 1.54) is 38.5 Å². The van der Waals surface area contributed by atoms with Crippen molar-refractivity contribution < 1.29 is 9.59 Å². The molecule has 0 spiro atoms. The van der Waals surface area contributed by atoms with Crippen molar-refractivity contribution in [3.05, 3.63) is 0 Å². The van der Waals surface area contributed by atoms with Crippen molar-refractivity contribution >= 4 is 12.1 Å². The molecule has 0 bridgehead atoms. The summed E-state index contributed by atoms with van der Waals surface area (Å²) in [4.78, 5) is 22.4. The molecule has 0 saturated carbocycles. The Morgan fingerprint density at radius 1 is 0.889 bits per heavy atom. The Balaban J connectivity index is 3.45. The number of unbranched alkanes of at least 4 members (excludes halogenated alkanes) is 7. The highest BCUT2D eigenvalue weighted by Gasteiger charge is 2.15. The molecule has 1 atom stereocenters. The summed E-state index contributed by atoms with van der Waals surface area (Å²) in [6.45, 7) is 4.21. The van der Waals surface area contributed by atoms with E-state index in [4.69, 9.17) is 0 Å². The molecule has 0 aliphatic rings. The number of rotatable bonds is 13. The maximum absolute atomic E-state index is 11.6. The lowest BCUT2D eigenvalue weighted by Crippen LogP contribution is -2.15. The van der Waals surface area contributed by atoms with E-state index in [2.05, 4.69) is 6.92 Å². The van der Waals surface area contributed by atoms with E-state index >= 15 is 0 Å². The van der Waals surface area contributed by atoms with Crippen molar-refractivity contribution in [3.63, 3.8) is 0 Å². The summed E-state index contributed by atoms with van der Waals surface area (Å²) < 4.78 is 0. The van der Waals surface area contributed by atoms with Gasteiger partial charge in [0.1, 0.15) is 12.1 Å². The van der Waals surface area contributed by atoms with Crippen LogP contribution in [0.3, 0.4) is 0 Å². The van der Waals surface area contributed by atoms with Crippen LogP contribution in [0.15, 0.2) is 0 Å². The van der Waals surface area contributed by atoms with E-state index < -0.39 is 0 Å². The molecule has 0 amide bonds. The number of ketones is 1. The minimum Gasteiger partial charge on any atom is -0.303 e. The van der Waals surface area contributed by atoms with Gasteiger partial charge in [0.2, 0.25) is 0 Å². The van der Waals surface area contributed by atoms with Crippen molar-refractivity contribution in [2.45, 2.75) is 84.5 Å². The summed E-state index contributed by atoms with van der Waals surface area (Å²) in [6, 6.07) is 0. The Kier molecular flexibility index (Phi) is 12.3. The Labute approximate surface area is 113 Å². The summed E-state index contributed by atoms with van der Waals surface area (Å²) in [7, 11) is 0. The van der Waals surface area contributed by atoms with Crippen LogP contribution in [0.1, 0.15) is 84.5 Å². The Hall–Kier alpha value is -0.660. The summed E-state index contributed by atoms with van der Waals surface area (Å²) >= 11 is 0. The lowest BCUT2D eigenvalue weighted by molar-refractivity contribution is -0.127. The van der Waals surface area contributed by atoms with Crippen LogP contribution in [-0.2, 0) is 9.59 Å². The zero-order chi connectivity index (χ0) is 13.6. The Morgan fingerprint density at radius 3 is 1.94 bits per heavy atom. The molecule has 0 heterocycles. The van der Waals surface area contributed by atoms with Crippen LogP contribution in [0.2, 0.25) is 0 Å². The maximum Gasteiger partial charge on any atom is 0.143 e. The first kappa shape index (κ1) is 17.3. The van der Waals surface area contributed by atoms with Gasteiger partial charge in [-0.2, -0.15) is 0 Å². The largest absolute Gasteiger partial charge is 0.303 e. The fraction of sp³-hybridized carbons (Fsp3) is 0.875. The van der Waals surface area contributed by atoms with Crippen molar-refractivity contribution in [2.75, 3.05) is 0 Å². The van der Waals surface area contributed by atoms with Gasteiger partial charge in [0.25, 0.3) is 0 Å². The average Bonchev–Trinajstić information content (AvgIpc) is 2.37. The van der Waals surface area contributed by atoms with Crippen LogP contribution in [0, 0.1) is 5.92 Å². The first-order valence-corrected chi connectivity index (χ1v) is 7.74. The third kappa shape index (κ3) is 9.38. The van der Waals surface area contributed by atoms with Gasteiger partial charge >= 0.3 is 0 Å². The Bertz CT molecular complexity index is 211. The molecule has 2 heteroatoms. The fourth-order valence-electron chi connectivity index (χ4n) is 2.23. The van der Waals surface area contributed by atoms with E-state index in [1.807, 2.05) is 6.92 Å². The van der Waals surface area contributed by atoms with Crippen LogP contribution >= 0.6 is 0 Å². The second-order valence-corrected chi connectivity index (χ2v) is 5.22. The van der Waals surface area contributed by atoms with E-state index in [-0.39, 0.29) is 11.7 Å². The van der Waals surface area contributed by atoms with Crippen LogP contribution in [0.4, 0.5) is 0 Å². The SMILES string of the molecule is CCCCCCCCCCC(C=O)C(=O)CCC. The molecule has 0 saturated heterocycles. The second kappa shape index (κ2) is 12.8. The van der Waals surface area contributed by atoms with Gasteiger partial charge < -0.3 is 4.79 Å². The van der Waals surface area contributed by atoms with Gasteiger partial charge in [-0.3, -0.25) is 4.79 Å². The molecule has 0 rings (SSSR count). The van der Waals surface area contributed by atoms with E-state index in [0.717, 1.165) is 32.0 Å². The molecular formula is C16H30O2. The first-order valence-electron chi connectivity index (χ1n) is 7.74. The van der Waals surface area contributed by atoms with E-state index in [0.29, 0.717) is 6.42 Å². The molecule has 0 N–H and O–H groups in total. The first-order chi connectivity index (χ1) is 8.76. The predicted molar refractivity (Wildman–Crippen MR) is 76.7 cm³/mol. The number of carbonyl (C=O) groups is 2. The topological polar surface area (TPSA) is 34.1 Å². The molecule has 106 valence electrons. The maximum atomic E-state index is 11.6. The standard InChI is InChI=1S/C16H30O2/c1-3-5-6-7-8-9-10-11-13-15(14-17)16(18)12-4-2/h14-15H,3-13H2,1-2H3. The highest BCUT2D eigenvalue weighted by Crippen LogP contribution is 2.14. The molecular weight excluding hydrogens is 224 g/mol. The number of aldehydes is 1. The number of carbonyl (C=O) groups excluding carboxylic acids is 2. The molecule has 0 aromatic carbocycles. The van der Waals surface area contributed by atoms with Crippen molar-refractivity contribution in [2.24, 2.45) is 5.92 Å². The lowest BCUT2D eigenvalue weighted by atomic mass is 9.95. The summed E-state index contributed by atoms with van der Waals surface area (Å²) in [6.07, 6.45) is 13.1. The number of hydrogen-bond donors (Lipinski definition) is 0. The highest BCUT2D eigenvalue weighted by atomic mass is 16.1. The average molecular weight is 254 g/mol. The fourth-order valence-corrected chi connectivity index (χ4v) is 2.23. The monoisotopic (exact) mass is 254 g/mol. The molecule has 0 fully saturated rings. The summed E-state index contributed by atoms with van der Waals surface area (Å²) in [5, 5.41) is 0. The van der Waals surface area contributed by atoms with Crippen LogP contribution < -0.4 is 0 Å². The zero-order valence-corrected chi connectivity index (χ0v) is 12.2. The molecule has 0 aromatic rings. The third-order valence-corrected chi connectivity index (χ3v) is 3.44. The molecule has 18 heavy (non-hydrogen) atoms. The van der Waals surface area contributed by atoms with Crippen molar-refractivity contribution in [1.29, 1.82) is 0 Å². The van der Waals surface area contributed by atoms with Crippen molar-refractivity contribution in [3.8, 4) is 0 Å². The smallest absolute Gasteiger partial charge is 0.143 e. The van der Waals surface area contributed by atoms with Crippen molar-refractivity contribution in [1.82, 2.24) is 0 Å². The molecule has 0 radical (unpaired) electrons. The number of hydrogen-bond acceptors (Lipinski definition) is 2. The molecule has 0 aliphatic heterocycles. The van der Waals surface area contributed by atoms with E-state index in [9.17, 15) is 9.59 Å². The van der Waals surface area contributed by atoms with E-state index in [1.54, 1.807) is 0 Å².